The van der Waals surface area contributed by atoms with Gasteiger partial charge in [0.1, 0.15) is 12.7 Å². The van der Waals surface area contributed by atoms with Gasteiger partial charge in [-0.25, -0.2) is 4.79 Å². The van der Waals surface area contributed by atoms with E-state index in [0.29, 0.717) is 0 Å². The minimum atomic E-state index is -1.20. The van der Waals surface area contributed by atoms with E-state index in [4.69, 9.17) is 5.11 Å². The molecule has 0 spiro atoms. The lowest BCUT2D eigenvalue weighted by Gasteiger charge is -2.13. The van der Waals surface area contributed by atoms with Crippen molar-refractivity contribution in [3.8, 4) is 0 Å². The number of amides is 3. The normalized spacial score (nSPS) is 15.4. The van der Waals surface area contributed by atoms with Crippen LogP contribution in [0.5, 0.6) is 0 Å². The summed E-state index contributed by atoms with van der Waals surface area (Å²) in [6.45, 7) is 1.32. The second kappa shape index (κ2) is 7.39. The van der Waals surface area contributed by atoms with Crippen molar-refractivity contribution in [1.82, 2.24) is 10.2 Å². The van der Waals surface area contributed by atoms with Crippen LogP contribution in [0.1, 0.15) is 13.3 Å². The van der Waals surface area contributed by atoms with E-state index >= 15 is 0 Å². The predicted octanol–water partition coefficient (Wildman–Crippen LogP) is -1.66. The van der Waals surface area contributed by atoms with Crippen molar-refractivity contribution in [2.24, 2.45) is 0 Å². The largest absolute Gasteiger partial charge is 0.462 e. The number of nitrogens with one attached hydrogen (secondary N) is 1. The molecule has 8 heteroatoms. The molecule has 0 radical (unpaired) electrons. The Morgan fingerprint density at radius 1 is 1.35 bits per heavy atom. The van der Waals surface area contributed by atoms with Crippen LogP contribution < -0.4 is 5.32 Å². The Labute approximate surface area is 115 Å². The Morgan fingerprint density at radius 2 is 1.95 bits per heavy atom. The van der Waals surface area contributed by atoms with Crippen LogP contribution >= 0.6 is 0 Å². The maximum atomic E-state index is 11.4. The second-order valence-corrected chi connectivity index (χ2v) is 4.10. The number of nitrogens with zero attached hydrogens (tertiary/aromatic N) is 1. The van der Waals surface area contributed by atoms with Crippen LogP contribution in [-0.2, 0) is 23.9 Å². The summed E-state index contributed by atoms with van der Waals surface area (Å²) in [6.07, 6.45) is 1.07. The summed E-state index contributed by atoms with van der Waals surface area (Å²) in [5.74, 6) is -2.01. The number of esters is 1. The smallest absolute Gasteiger partial charge is 0.334 e. The lowest BCUT2D eigenvalue weighted by Crippen LogP contribution is -2.35. The van der Waals surface area contributed by atoms with E-state index in [1.807, 2.05) is 0 Å². The summed E-state index contributed by atoms with van der Waals surface area (Å²) in [5.41, 5.74) is 0. The first-order chi connectivity index (χ1) is 9.41. The van der Waals surface area contributed by atoms with Crippen molar-refractivity contribution in [1.29, 1.82) is 0 Å². The Hall–Kier alpha value is -2.22. The molecule has 3 amide bonds. The van der Waals surface area contributed by atoms with E-state index < -0.39 is 23.9 Å². The molecule has 110 valence electrons. The van der Waals surface area contributed by atoms with Gasteiger partial charge in [0.05, 0.1) is 6.54 Å². The second-order valence-electron chi connectivity index (χ2n) is 4.10. The number of imide groups is 1. The van der Waals surface area contributed by atoms with Crippen molar-refractivity contribution >= 4 is 23.7 Å². The molecule has 1 heterocycles. The lowest BCUT2D eigenvalue weighted by molar-refractivity contribution is -0.152. The highest BCUT2D eigenvalue weighted by molar-refractivity contribution is 6.13. The molecule has 0 saturated heterocycles. The van der Waals surface area contributed by atoms with Crippen LogP contribution in [0.3, 0.4) is 0 Å². The zero-order valence-corrected chi connectivity index (χ0v) is 11.0. The molecule has 1 aliphatic rings. The highest BCUT2D eigenvalue weighted by atomic mass is 16.5. The van der Waals surface area contributed by atoms with Gasteiger partial charge in [0.2, 0.25) is 5.91 Å². The number of carbonyl (C=O) groups excluding carboxylic acids is 4. The van der Waals surface area contributed by atoms with Crippen molar-refractivity contribution < 1.29 is 29.0 Å². The molecular weight excluding hydrogens is 268 g/mol. The lowest BCUT2D eigenvalue weighted by atomic mass is 10.3. The Bertz CT molecular complexity index is 425. The fraction of sp³-hybridized carbons (Fsp3) is 0.500. The van der Waals surface area contributed by atoms with Gasteiger partial charge in [-0.1, -0.05) is 0 Å². The highest BCUT2D eigenvalue weighted by Crippen LogP contribution is 2.03. The van der Waals surface area contributed by atoms with E-state index in [1.54, 1.807) is 0 Å². The molecule has 0 aromatic rings. The van der Waals surface area contributed by atoms with Crippen molar-refractivity contribution in [2.75, 3.05) is 19.7 Å². The minimum absolute atomic E-state index is 0.00393. The zero-order chi connectivity index (χ0) is 15.1. The maximum Gasteiger partial charge on any atom is 0.334 e. The quantitative estimate of drug-likeness (QED) is 0.329. The number of ether oxygens (including phenoxy) is 1. The molecule has 0 aliphatic carbocycles. The molecule has 0 fully saturated rings. The van der Waals surface area contributed by atoms with Gasteiger partial charge in [-0.15, -0.1) is 0 Å². The van der Waals surface area contributed by atoms with Gasteiger partial charge in [0.15, 0.2) is 0 Å². The SMILES string of the molecule is CC(O)C(=O)OCCNC(=O)CCN1C(=O)C=CC1=O. The molecule has 1 rings (SSSR count). The monoisotopic (exact) mass is 284 g/mol. The number of hydrogen-bond donors (Lipinski definition) is 2. The molecule has 0 bridgehead atoms. The van der Waals surface area contributed by atoms with Gasteiger partial charge in [0.25, 0.3) is 11.8 Å². The van der Waals surface area contributed by atoms with Crippen LogP contribution in [0.2, 0.25) is 0 Å². The van der Waals surface area contributed by atoms with Crippen LogP contribution in [0.25, 0.3) is 0 Å². The van der Waals surface area contributed by atoms with Gasteiger partial charge in [-0.2, -0.15) is 0 Å². The molecule has 0 aromatic heterocycles. The van der Waals surface area contributed by atoms with Crippen LogP contribution in [0, 0.1) is 0 Å². The van der Waals surface area contributed by atoms with Gasteiger partial charge in [0, 0.05) is 25.1 Å². The topological polar surface area (TPSA) is 113 Å². The molecule has 1 aliphatic heterocycles. The van der Waals surface area contributed by atoms with Gasteiger partial charge >= 0.3 is 5.97 Å². The Morgan fingerprint density at radius 3 is 2.50 bits per heavy atom. The van der Waals surface area contributed by atoms with E-state index in [1.165, 1.54) is 6.92 Å². The average molecular weight is 284 g/mol. The number of aliphatic hydroxyl groups excluding tert-OH is 1. The average Bonchev–Trinajstić information content (AvgIpc) is 2.71. The predicted molar refractivity (Wildman–Crippen MR) is 66.1 cm³/mol. The Balaban J connectivity index is 2.14. The number of carbonyl (C=O) groups is 4. The number of hydrogen-bond acceptors (Lipinski definition) is 6. The molecule has 1 atom stereocenters. The third-order valence-corrected chi connectivity index (χ3v) is 2.47. The summed E-state index contributed by atoms with van der Waals surface area (Å²) < 4.78 is 4.63. The third kappa shape index (κ3) is 4.81. The third-order valence-electron chi connectivity index (χ3n) is 2.47. The fourth-order valence-corrected chi connectivity index (χ4v) is 1.42. The molecule has 0 aromatic carbocycles. The van der Waals surface area contributed by atoms with Gasteiger partial charge in [-0.05, 0) is 6.92 Å². The first kappa shape index (κ1) is 15.8. The first-order valence-electron chi connectivity index (χ1n) is 6.06. The molecule has 1 unspecified atom stereocenters. The van der Waals surface area contributed by atoms with Crippen LogP contribution in [-0.4, -0.2) is 59.5 Å². The summed E-state index contributed by atoms with van der Waals surface area (Å²) in [6, 6.07) is 0. The number of aliphatic hydroxyl groups is 1. The Kier molecular flexibility index (Phi) is 5.85. The molecular formula is C12H16N2O6. The summed E-state index contributed by atoms with van der Waals surface area (Å²) in [7, 11) is 0. The van der Waals surface area contributed by atoms with Crippen molar-refractivity contribution in [2.45, 2.75) is 19.4 Å². The standard InChI is InChI=1S/C12H16N2O6/c1-8(15)12(19)20-7-5-13-9(16)4-6-14-10(17)2-3-11(14)18/h2-3,8,15H,4-7H2,1H3,(H,13,16). The fourth-order valence-electron chi connectivity index (χ4n) is 1.42. The number of rotatable bonds is 7. The minimum Gasteiger partial charge on any atom is -0.462 e. The zero-order valence-electron chi connectivity index (χ0n) is 11.0. The van der Waals surface area contributed by atoms with E-state index in [-0.39, 0.29) is 32.0 Å². The molecule has 2 N–H and O–H groups in total. The van der Waals surface area contributed by atoms with Crippen LogP contribution in [0.4, 0.5) is 0 Å². The van der Waals surface area contributed by atoms with E-state index in [2.05, 4.69) is 10.1 Å². The summed E-state index contributed by atoms with van der Waals surface area (Å²) >= 11 is 0. The van der Waals surface area contributed by atoms with Crippen molar-refractivity contribution in [3.05, 3.63) is 12.2 Å². The molecule has 8 nitrogen and oxygen atoms in total. The van der Waals surface area contributed by atoms with E-state index in [0.717, 1.165) is 17.1 Å². The van der Waals surface area contributed by atoms with E-state index in [9.17, 15) is 19.2 Å². The first-order valence-corrected chi connectivity index (χ1v) is 6.06. The molecule has 0 saturated carbocycles. The van der Waals surface area contributed by atoms with Crippen LogP contribution in [0.15, 0.2) is 12.2 Å². The van der Waals surface area contributed by atoms with Crippen molar-refractivity contribution in [3.63, 3.8) is 0 Å². The highest BCUT2D eigenvalue weighted by Gasteiger charge is 2.23. The maximum absolute atomic E-state index is 11.4. The van der Waals surface area contributed by atoms with Gasteiger partial charge < -0.3 is 15.2 Å². The molecule has 20 heavy (non-hydrogen) atoms. The van der Waals surface area contributed by atoms with Gasteiger partial charge in [-0.3, -0.25) is 19.3 Å². The summed E-state index contributed by atoms with van der Waals surface area (Å²) in [5, 5.41) is 11.3. The summed E-state index contributed by atoms with van der Waals surface area (Å²) in [4.78, 5) is 45.7.